The minimum absolute atomic E-state index is 0.0941. The van der Waals surface area contributed by atoms with Crippen molar-refractivity contribution < 1.29 is 9.21 Å². The number of allylic oxidation sites excluding steroid dienone is 2. The van der Waals surface area contributed by atoms with E-state index in [1.54, 1.807) is 6.26 Å². The van der Waals surface area contributed by atoms with Gasteiger partial charge in [-0.05, 0) is 49.9 Å². The SMILES string of the molecule is Cn1c(SCC(=O)N(Cc2ccco2)C2=CCCCC2)nc2ccccc21. The second kappa shape index (κ2) is 8.05. The molecular weight excluding hydrogens is 358 g/mol. The number of rotatable bonds is 6. The summed E-state index contributed by atoms with van der Waals surface area (Å²) in [5, 5.41) is 0.861. The molecule has 140 valence electrons. The summed E-state index contributed by atoms with van der Waals surface area (Å²) < 4.78 is 7.53. The molecule has 1 aliphatic rings. The van der Waals surface area contributed by atoms with Crippen LogP contribution in [0.25, 0.3) is 11.0 Å². The van der Waals surface area contributed by atoms with Gasteiger partial charge in [-0.3, -0.25) is 4.79 Å². The van der Waals surface area contributed by atoms with E-state index in [4.69, 9.17) is 4.42 Å². The minimum atomic E-state index is 0.0941. The summed E-state index contributed by atoms with van der Waals surface area (Å²) in [4.78, 5) is 19.6. The molecule has 0 fully saturated rings. The smallest absolute Gasteiger partial charge is 0.237 e. The summed E-state index contributed by atoms with van der Waals surface area (Å²) >= 11 is 1.49. The zero-order valence-electron chi connectivity index (χ0n) is 15.4. The van der Waals surface area contributed by atoms with Crippen LogP contribution in [0.4, 0.5) is 0 Å². The summed E-state index contributed by atoms with van der Waals surface area (Å²) in [5.41, 5.74) is 3.15. The number of fused-ring (bicyclic) bond motifs is 1. The molecule has 0 N–H and O–H groups in total. The molecule has 0 aliphatic heterocycles. The van der Waals surface area contributed by atoms with Gasteiger partial charge in [0.2, 0.25) is 5.91 Å². The standard InChI is InChI=1S/C21H23N3O2S/c1-23-19-12-6-5-11-18(19)22-21(23)27-15-20(25)24(14-17-10-7-13-26-17)16-8-3-2-4-9-16/h5-8,10-13H,2-4,9,14-15H2,1H3. The van der Waals surface area contributed by atoms with E-state index in [2.05, 4.69) is 11.1 Å². The highest BCUT2D eigenvalue weighted by Crippen LogP contribution is 2.26. The number of benzene rings is 1. The Kier molecular flexibility index (Phi) is 5.34. The van der Waals surface area contributed by atoms with Crippen LogP contribution in [-0.4, -0.2) is 26.1 Å². The number of para-hydroxylation sites is 2. The van der Waals surface area contributed by atoms with Crippen LogP contribution < -0.4 is 0 Å². The minimum Gasteiger partial charge on any atom is -0.467 e. The van der Waals surface area contributed by atoms with Crippen LogP contribution in [0.1, 0.15) is 31.4 Å². The first-order valence-corrected chi connectivity index (χ1v) is 10.3. The Labute approximate surface area is 163 Å². The Balaban J connectivity index is 1.50. The van der Waals surface area contributed by atoms with Gasteiger partial charge in [-0.1, -0.05) is 30.0 Å². The molecule has 0 radical (unpaired) electrons. The van der Waals surface area contributed by atoms with E-state index in [0.717, 1.165) is 46.9 Å². The predicted molar refractivity (Wildman–Crippen MR) is 107 cm³/mol. The van der Waals surface area contributed by atoms with E-state index in [-0.39, 0.29) is 5.91 Å². The number of hydrogen-bond donors (Lipinski definition) is 0. The number of aromatic nitrogens is 2. The van der Waals surface area contributed by atoms with E-state index < -0.39 is 0 Å². The lowest BCUT2D eigenvalue weighted by atomic mass is 10.0. The van der Waals surface area contributed by atoms with Gasteiger partial charge in [-0.15, -0.1) is 0 Å². The Morgan fingerprint density at radius 3 is 2.89 bits per heavy atom. The molecule has 4 rings (SSSR count). The number of nitrogens with zero attached hydrogens (tertiary/aromatic N) is 3. The third kappa shape index (κ3) is 3.95. The van der Waals surface area contributed by atoms with Gasteiger partial charge in [-0.2, -0.15) is 0 Å². The molecule has 27 heavy (non-hydrogen) atoms. The highest BCUT2D eigenvalue weighted by molar-refractivity contribution is 7.99. The van der Waals surface area contributed by atoms with E-state index in [0.29, 0.717) is 12.3 Å². The molecule has 1 amide bonds. The van der Waals surface area contributed by atoms with Crippen molar-refractivity contribution in [1.82, 2.24) is 14.5 Å². The van der Waals surface area contributed by atoms with Gasteiger partial charge in [0.1, 0.15) is 5.76 Å². The summed E-state index contributed by atoms with van der Waals surface area (Å²) in [5.74, 6) is 1.26. The summed E-state index contributed by atoms with van der Waals surface area (Å²) in [6, 6.07) is 11.8. The zero-order valence-corrected chi connectivity index (χ0v) is 16.2. The first-order valence-electron chi connectivity index (χ1n) is 9.28. The zero-order chi connectivity index (χ0) is 18.6. The van der Waals surface area contributed by atoms with Crippen molar-refractivity contribution in [3.05, 3.63) is 60.2 Å². The van der Waals surface area contributed by atoms with Crippen LogP contribution in [0.5, 0.6) is 0 Å². The average Bonchev–Trinajstić information content (AvgIpc) is 3.33. The third-order valence-electron chi connectivity index (χ3n) is 4.88. The summed E-state index contributed by atoms with van der Waals surface area (Å²) in [6.07, 6.45) is 8.16. The first kappa shape index (κ1) is 17.9. The molecule has 2 aromatic heterocycles. The second-order valence-electron chi connectivity index (χ2n) is 6.73. The first-order chi connectivity index (χ1) is 13.2. The quantitative estimate of drug-likeness (QED) is 0.579. The number of amides is 1. The molecule has 0 saturated carbocycles. The maximum atomic E-state index is 13.1. The average molecular weight is 382 g/mol. The van der Waals surface area contributed by atoms with Crippen LogP contribution in [-0.2, 0) is 18.4 Å². The maximum Gasteiger partial charge on any atom is 0.237 e. The Morgan fingerprint density at radius 1 is 1.26 bits per heavy atom. The fourth-order valence-corrected chi connectivity index (χ4v) is 4.29. The van der Waals surface area contributed by atoms with E-state index in [1.165, 1.54) is 18.2 Å². The number of hydrogen-bond acceptors (Lipinski definition) is 4. The van der Waals surface area contributed by atoms with Crippen LogP contribution in [0.2, 0.25) is 0 Å². The molecule has 2 heterocycles. The molecule has 0 bridgehead atoms. The van der Waals surface area contributed by atoms with Crippen molar-refractivity contribution in [2.45, 2.75) is 37.4 Å². The van der Waals surface area contributed by atoms with Gasteiger partial charge in [0, 0.05) is 12.7 Å². The number of thioether (sulfide) groups is 1. The lowest BCUT2D eigenvalue weighted by Gasteiger charge is -2.27. The predicted octanol–water partition coefficient (Wildman–Crippen LogP) is 4.75. The monoisotopic (exact) mass is 381 g/mol. The molecule has 0 spiro atoms. The largest absolute Gasteiger partial charge is 0.467 e. The van der Waals surface area contributed by atoms with Gasteiger partial charge in [-0.25, -0.2) is 4.98 Å². The molecule has 1 aromatic carbocycles. The molecular formula is C21H23N3O2S. The maximum absolute atomic E-state index is 13.1. The van der Waals surface area contributed by atoms with Crippen molar-refractivity contribution in [1.29, 1.82) is 0 Å². The second-order valence-corrected chi connectivity index (χ2v) is 7.67. The third-order valence-corrected chi connectivity index (χ3v) is 5.89. The molecule has 0 atom stereocenters. The highest BCUT2D eigenvalue weighted by atomic mass is 32.2. The lowest BCUT2D eigenvalue weighted by molar-refractivity contribution is -0.127. The molecule has 5 nitrogen and oxygen atoms in total. The number of aryl methyl sites for hydroxylation is 1. The van der Waals surface area contributed by atoms with Gasteiger partial charge in [0.25, 0.3) is 0 Å². The summed E-state index contributed by atoms with van der Waals surface area (Å²) in [6.45, 7) is 0.487. The van der Waals surface area contributed by atoms with E-state index in [9.17, 15) is 4.79 Å². The molecule has 0 unspecified atom stereocenters. The Bertz CT molecular complexity index is 959. The topological polar surface area (TPSA) is 51.3 Å². The number of furan rings is 1. The molecule has 3 aromatic rings. The van der Waals surface area contributed by atoms with Gasteiger partial charge < -0.3 is 13.9 Å². The van der Waals surface area contributed by atoms with Gasteiger partial charge >= 0.3 is 0 Å². The highest BCUT2D eigenvalue weighted by Gasteiger charge is 2.22. The van der Waals surface area contributed by atoms with E-state index in [1.807, 2.05) is 52.9 Å². The summed E-state index contributed by atoms with van der Waals surface area (Å²) in [7, 11) is 1.99. The Morgan fingerprint density at radius 2 is 2.15 bits per heavy atom. The molecule has 6 heteroatoms. The molecule has 1 aliphatic carbocycles. The van der Waals surface area contributed by atoms with Crippen molar-refractivity contribution >= 4 is 28.7 Å². The van der Waals surface area contributed by atoms with Crippen molar-refractivity contribution in [2.24, 2.45) is 7.05 Å². The van der Waals surface area contributed by atoms with Gasteiger partial charge in [0.05, 0.1) is 29.6 Å². The van der Waals surface area contributed by atoms with Crippen molar-refractivity contribution in [3.63, 3.8) is 0 Å². The van der Waals surface area contributed by atoms with Gasteiger partial charge in [0.15, 0.2) is 5.16 Å². The fraction of sp³-hybridized carbons (Fsp3) is 0.333. The number of carbonyl (C=O) groups excluding carboxylic acids is 1. The van der Waals surface area contributed by atoms with E-state index >= 15 is 0 Å². The molecule has 0 saturated heterocycles. The van der Waals surface area contributed by atoms with Crippen LogP contribution in [0, 0.1) is 0 Å². The number of imidazole rings is 1. The number of carbonyl (C=O) groups is 1. The van der Waals surface area contributed by atoms with Crippen molar-refractivity contribution in [3.8, 4) is 0 Å². The van der Waals surface area contributed by atoms with Crippen LogP contribution in [0.3, 0.4) is 0 Å². The Hall–Kier alpha value is -2.47. The lowest BCUT2D eigenvalue weighted by Crippen LogP contribution is -2.32. The normalized spacial score (nSPS) is 14.3. The van der Waals surface area contributed by atoms with Crippen LogP contribution in [0.15, 0.2) is 64.0 Å². The fourth-order valence-electron chi connectivity index (χ4n) is 3.43. The van der Waals surface area contributed by atoms with Crippen LogP contribution >= 0.6 is 11.8 Å². The van der Waals surface area contributed by atoms with Crippen molar-refractivity contribution in [2.75, 3.05) is 5.75 Å².